The van der Waals surface area contributed by atoms with Crippen molar-refractivity contribution in [3.8, 4) is 11.5 Å². The molecule has 0 radical (unpaired) electrons. The number of hydrogen-bond donors (Lipinski definition) is 1. The van der Waals surface area contributed by atoms with E-state index in [1.165, 1.54) is 12.8 Å². The van der Waals surface area contributed by atoms with Crippen LogP contribution in [0.5, 0.6) is 11.5 Å². The van der Waals surface area contributed by atoms with Crippen LogP contribution in [0.1, 0.15) is 19.8 Å². The molecule has 1 aliphatic heterocycles. The van der Waals surface area contributed by atoms with Gasteiger partial charge in [0.2, 0.25) is 0 Å². The third-order valence-electron chi connectivity index (χ3n) is 3.87. The van der Waals surface area contributed by atoms with E-state index < -0.39 is 0 Å². The van der Waals surface area contributed by atoms with Gasteiger partial charge in [-0.05, 0) is 44.0 Å². The Balaban J connectivity index is 2.01. The molecular formula is C16H26N2O2. The van der Waals surface area contributed by atoms with Gasteiger partial charge >= 0.3 is 0 Å². The highest BCUT2D eigenvalue weighted by molar-refractivity contribution is 5.62. The van der Waals surface area contributed by atoms with Crippen LogP contribution in [0.4, 0.5) is 5.69 Å². The lowest BCUT2D eigenvalue weighted by Crippen LogP contribution is -2.27. The van der Waals surface area contributed by atoms with Gasteiger partial charge in [0.05, 0.1) is 19.9 Å². The summed E-state index contributed by atoms with van der Waals surface area (Å²) in [7, 11) is 3.43. The van der Waals surface area contributed by atoms with Crippen LogP contribution < -0.4 is 19.7 Å². The predicted molar refractivity (Wildman–Crippen MR) is 83.0 cm³/mol. The first kappa shape index (κ1) is 15.0. The van der Waals surface area contributed by atoms with Gasteiger partial charge in [0, 0.05) is 19.2 Å². The maximum absolute atomic E-state index is 5.48. The lowest BCUT2D eigenvalue weighted by atomic mass is 10.1. The molecule has 0 aliphatic carbocycles. The van der Waals surface area contributed by atoms with E-state index in [0.717, 1.165) is 49.3 Å². The predicted octanol–water partition coefficient (Wildman–Crippen LogP) is 2.53. The first-order valence-corrected chi connectivity index (χ1v) is 7.46. The molecular weight excluding hydrogens is 252 g/mol. The first-order valence-electron chi connectivity index (χ1n) is 7.46. The number of hydrogen-bond acceptors (Lipinski definition) is 4. The summed E-state index contributed by atoms with van der Waals surface area (Å²) in [6.07, 6.45) is 2.43. The molecule has 1 heterocycles. The molecule has 0 bridgehead atoms. The Kier molecular flexibility index (Phi) is 5.53. The van der Waals surface area contributed by atoms with E-state index in [0.29, 0.717) is 0 Å². The maximum Gasteiger partial charge on any atom is 0.142 e. The van der Waals surface area contributed by atoms with E-state index in [-0.39, 0.29) is 0 Å². The Morgan fingerprint density at radius 1 is 1.30 bits per heavy atom. The van der Waals surface area contributed by atoms with Crippen molar-refractivity contribution in [1.29, 1.82) is 0 Å². The van der Waals surface area contributed by atoms with E-state index in [1.54, 1.807) is 14.2 Å². The van der Waals surface area contributed by atoms with Crippen molar-refractivity contribution in [2.75, 3.05) is 45.3 Å². The number of anilines is 1. The second-order valence-corrected chi connectivity index (χ2v) is 5.34. The molecule has 1 aromatic rings. The van der Waals surface area contributed by atoms with Gasteiger partial charge in [0.15, 0.2) is 0 Å². The highest BCUT2D eigenvalue weighted by atomic mass is 16.5. The lowest BCUT2D eigenvalue weighted by Gasteiger charge is -2.22. The van der Waals surface area contributed by atoms with Crippen molar-refractivity contribution >= 4 is 5.69 Å². The van der Waals surface area contributed by atoms with Crippen molar-refractivity contribution in [2.45, 2.75) is 19.8 Å². The molecule has 20 heavy (non-hydrogen) atoms. The molecule has 1 fully saturated rings. The minimum absolute atomic E-state index is 0.720. The van der Waals surface area contributed by atoms with E-state index in [1.807, 2.05) is 12.1 Å². The molecule has 1 aromatic carbocycles. The van der Waals surface area contributed by atoms with E-state index in [9.17, 15) is 0 Å². The largest absolute Gasteiger partial charge is 0.497 e. The summed E-state index contributed by atoms with van der Waals surface area (Å²) in [6, 6.07) is 6.00. The van der Waals surface area contributed by atoms with Crippen molar-refractivity contribution in [3.63, 3.8) is 0 Å². The normalized spacial score (nSPS) is 18.4. The number of methoxy groups -OCH3 is 2. The Hall–Kier alpha value is -1.42. The van der Waals surface area contributed by atoms with Crippen molar-refractivity contribution in [3.05, 3.63) is 18.2 Å². The summed E-state index contributed by atoms with van der Waals surface area (Å²) in [4.78, 5) is 2.40. The van der Waals surface area contributed by atoms with Crippen molar-refractivity contribution in [1.82, 2.24) is 5.32 Å². The fourth-order valence-electron chi connectivity index (χ4n) is 2.74. The van der Waals surface area contributed by atoms with Crippen LogP contribution in [0.3, 0.4) is 0 Å². The second-order valence-electron chi connectivity index (χ2n) is 5.34. The molecule has 1 atom stereocenters. The second kappa shape index (κ2) is 7.39. The molecule has 1 saturated heterocycles. The summed E-state index contributed by atoms with van der Waals surface area (Å²) in [6.45, 7) is 6.59. The number of ether oxygens (including phenoxy) is 2. The Morgan fingerprint density at radius 3 is 2.85 bits per heavy atom. The molecule has 0 aromatic heterocycles. The molecule has 112 valence electrons. The van der Waals surface area contributed by atoms with Crippen LogP contribution in [0.2, 0.25) is 0 Å². The number of nitrogens with zero attached hydrogens (tertiary/aromatic N) is 1. The summed E-state index contributed by atoms with van der Waals surface area (Å²) in [5, 5.41) is 3.52. The van der Waals surface area contributed by atoms with Gasteiger partial charge in [-0.25, -0.2) is 0 Å². The van der Waals surface area contributed by atoms with Crippen molar-refractivity contribution in [2.24, 2.45) is 5.92 Å². The van der Waals surface area contributed by atoms with Crippen LogP contribution in [-0.2, 0) is 0 Å². The molecule has 2 rings (SSSR count). The fraction of sp³-hybridized carbons (Fsp3) is 0.625. The molecule has 0 spiro atoms. The van der Waals surface area contributed by atoms with E-state index >= 15 is 0 Å². The van der Waals surface area contributed by atoms with Crippen LogP contribution >= 0.6 is 0 Å². The molecule has 1 N–H and O–H groups in total. The smallest absolute Gasteiger partial charge is 0.142 e. The lowest BCUT2D eigenvalue weighted by molar-refractivity contribution is 0.403. The van der Waals surface area contributed by atoms with Crippen LogP contribution in [0.25, 0.3) is 0 Å². The average Bonchev–Trinajstić information content (AvgIpc) is 2.95. The number of rotatable bonds is 7. The molecule has 1 unspecified atom stereocenters. The summed E-state index contributed by atoms with van der Waals surface area (Å²) >= 11 is 0. The number of benzene rings is 1. The average molecular weight is 278 g/mol. The van der Waals surface area contributed by atoms with Crippen LogP contribution in [0, 0.1) is 5.92 Å². The monoisotopic (exact) mass is 278 g/mol. The van der Waals surface area contributed by atoms with Gasteiger partial charge in [-0.2, -0.15) is 0 Å². The van der Waals surface area contributed by atoms with Crippen LogP contribution in [0.15, 0.2) is 18.2 Å². The van der Waals surface area contributed by atoms with Crippen LogP contribution in [-0.4, -0.2) is 40.4 Å². The molecule has 0 amide bonds. The highest BCUT2D eigenvalue weighted by Gasteiger charge is 2.24. The van der Waals surface area contributed by atoms with Gasteiger partial charge in [-0.3, -0.25) is 0 Å². The van der Waals surface area contributed by atoms with Crippen molar-refractivity contribution < 1.29 is 9.47 Å². The first-order chi connectivity index (χ1) is 9.78. The third kappa shape index (κ3) is 3.57. The topological polar surface area (TPSA) is 33.7 Å². The SMILES string of the molecule is CCCNCC1CCN(c2cc(OC)ccc2OC)C1. The zero-order valence-corrected chi connectivity index (χ0v) is 12.8. The fourth-order valence-corrected chi connectivity index (χ4v) is 2.74. The molecule has 4 heteroatoms. The van der Waals surface area contributed by atoms with E-state index in [2.05, 4.69) is 23.2 Å². The third-order valence-corrected chi connectivity index (χ3v) is 3.87. The summed E-state index contributed by atoms with van der Waals surface area (Å²) < 4.78 is 10.8. The Morgan fingerprint density at radius 2 is 2.15 bits per heavy atom. The summed E-state index contributed by atoms with van der Waals surface area (Å²) in [5.74, 6) is 2.53. The summed E-state index contributed by atoms with van der Waals surface area (Å²) in [5.41, 5.74) is 1.14. The quantitative estimate of drug-likeness (QED) is 0.777. The zero-order chi connectivity index (χ0) is 14.4. The highest BCUT2D eigenvalue weighted by Crippen LogP contribution is 2.35. The van der Waals surface area contributed by atoms with Gasteiger partial charge < -0.3 is 19.7 Å². The molecule has 0 saturated carbocycles. The maximum atomic E-state index is 5.48. The molecule has 1 aliphatic rings. The minimum atomic E-state index is 0.720. The zero-order valence-electron chi connectivity index (χ0n) is 12.8. The van der Waals surface area contributed by atoms with Gasteiger partial charge in [-0.15, -0.1) is 0 Å². The number of nitrogens with one attached hydrogen (secondary N) is 1. The molecule has 4 nitrogen and oxygen atoms in total. The minimum Gasteiger partial charge on any atom is -0.497 e. The standard InChI is InChI=1S/C16H26N2O2/c1-4-8-17-11-13-7-9-18(12-13)15-10-14(19-2)5-6-16(15)20-3/h5-6,10,13,17H,4,7-9,11-12H2,1-3H3. The van der Waals surface area contributed by atoms with Gasteiger partial charge in [0.25, 0.3) is 0 Å². The Bertz CT molecular complexity index is 423. The Labute approximate surface area is 122 Å². The van der Waals surface area contributed by atoms with Gasteiger partial charge in [-0.1, -0.05) is 6.92 Å². The van der Waals surface area contributed by atoms with E-state index in [4.69, 9.17) is 9.47 Å². The van der Waals surface area contributed by atoms with Gasteiger partial charge in [0.1, 0.15) is 11.5 Å².